The molecule has 0 heterocycles. The van der Waals surface area contributed by atoms with E-state index in [4.69, 9.17) is 0 Å². The molecule has 3 aromatic carbocycles. The second kappa shape index (κ2) is 8.68. The third-order valence-electron chi connectivity index (χ3n) is 4.36. The van der Waals surface area contributed by atoms with Gasteiger partial charge in [-0.15, -0.1) is 0 Å². The fourth-order valence-corrected chi connectivity index (χ4v) is 3.84. The first-order valence-corrected chi connectivity index (χ1v) is 10.5. The van der Waals surface area contributed by atoms with Gasteiger partial charge in [0, 0.05) is 5.56 Å². The normalized spacial score (nSPS) is 11.6. The molecule has 0 aliphatic rings. The molecule has 0 saturated carbocycles. The predicted molar refractivity (Wildman–Crippen MR) is 111 cm³/mol. The summed E-state index contributed by atoms with van der Waals surface area (Å²) in [7, 11) is -3.88. The molecule has 0 bridgehead atoms. The van der Waals surface area contributed by atoms with Gasteiger partial charge in [-0.25, -0.2) is 8.42 Å². The number of para-hydroxylation sites is 2. The Bertz CT molecular complexity index is 1190. The van der Waals surface area contributed by atoms with Crippen LogP contribution in [-0.4, -0.2) is 14.3 Å². The maximum absolute atomic E-state index is 13.0. The van der Waals surface area contributed by atoms with Gasteiger partial charge in [0.1, 0.15) is 0 Å². The molecule has 3 aromatic rings. The van der Waals surface area contributed by atoms with Crippen molar-refractivity contribution in [2.24, 2.45) is 0 Å². The summed E-state index contributed by atoms with van der Waals surface area (Å²) in [6, 6.07) is 16.5. The van der Waals surface area contributed by atoms with Gasteiger partial charge in [-0.1, -0.05) is 30.3 Å². The van der Waals surface area contributed by atoms with Gasteiger partial charge in [-0.05, 0) is 55.0 Å². The van der Waals surface area contributed by atoms with Crippen molar-refractivity contribution in [2.75, 3.05) is 10.1 Å². The highest BCUT2D eigenvalue weighted by Crippen LogP contribution is 2.34. The summed E-state index contributed by atoms with van der Waals surface area (Å²) in [5, 5.41) is 0. The number of carbonyl (C=O) groups is 1. The molecule has 1 amide bonds. The lowest BCUT2D eigenvalue weighted by atomic mass is 10.2. The SMILES string of the molecule is Cc1ccccc1NS(=O)(=O)c1ccc(C(=O)NNc2ccccc2C(F)(F)F)cc1. The molecule has 0 atom stereocenters. The molecule has 0 aliphatic heterocycles. The number of alkyl halides is 3. The number of hydrogen-bond acceptors (Lipinski definition) is 4. The quantitative estimate of drug-likeness (QED) is 0.481. The van der Waals surface area contributed by atoms with Crippen LogP contribution in [0.15, 0.2) is 77.7 Å². The summed E-state index contributed by atoms with van der Waals surface area (Å²) in [5.41, 5.74) is 4.42. The minimum Gasteiger partial charge on any atom is -0.298 e. The Morgan fingerprint density at radius 1 is 0.839 bits per heavy atom. The zero-order valence-corrected chi connectivity index (χ0v) is 17.0. The van der Waals surface area contributed by atoms with E-state index in [1.165, 1.54) is 42.5 Å². The number of rotatable bonds is 6. The monoisotopic (exact) mass is 449 g/mol. The molecular formula is C21H18F3N3O3S. The number of hydrazine groups is 1. The Morgan fingerprint density at radius 3 is 2.03 bits per heavy atom. The molecule has 0 unspecified atom stereocenters. The number of aryl methyl sites for hydroxylation is 1. The second-order valence-electron chi connectivity index (χ2n) is 6.57. The van der Waals surface area contributed by atoms with Gasteiger partial charge < -0.3 is 0 Å². The maximum Gasteiger partial charge on any atom is 0.418 e. The van der Waals surface area contributed by atoms with Crippen molar-refractivity contribution in [3.8, 4) is 0 Å². The van der Waals surface area contributed by atoms with Crippen LogP contribution in [0.3, 0.4) is 0 Å². The predicted octanol–water partition coefficient (Wildman–Crippen LogP) is 4.57. The van der Waals surface area contributed by atoms with Crippen molar-refractivity contribution >= 4 is 27.3 Å². The lowest BCUT2D eigenvalue weighted by Crippen LogP contribution is -2.30. The minimum atomic E-state index is -4.59. The van der Waals surface area contributed by atoms with Crippen molar-refractivity contribution in [2.45, 2.75) is 18.0 Å². The highest BCUT2D eigenvalue weighted by molar-refractivity contribution is 7.92. The van der Waals surface area contributed by atoms with Crippen molar-refractivity contribution < 1.29 is 26.4 Å². The molecule has 0 radical (unpaired) electrons. The van der Waals surface area contributed by atoms with Crippen LogP contribution in [0.5, 0.6) is 0 Å². The summed E-state index contributed by atoms with van der Waals surface area (Å²) in [5.74, 6) is -0.729. The smallest absolute Gasteiger partial charge is 0.298 e. The number of anilines is 2. The lowest BCUT2D eigenvalue weighted by molar-refractivity contribution is -0.137. The van der Waals surface area contributed by atoms with E-state index in [1.807, 2.05) is 0 Å². The van der Waals surface area contributed by atoms with Gasteiger partial charge in [-0.3, -0.25) is 20.4 Å². The highest BCUT2D eigenvalue weighted by Gasteiger charge is 2.33. The highest BCUT2D eigenvalue weighted by atomic mass is 32.2. The Kier molecular flexibility index (Phi) is 6.21. The second-order valence-corrected chi connectivity index (χ2v) is 8.25. The van der Waals surface area contributed by atoms with Crippen LogP contribution in [0.4, 0.5) is 24.5 Å². The molecule has 3 N–H and O–H groups in total. The van der Waals surface area contributed by atoms with Crippen LogP contribution in [0, 0.1) is 6.92 Å². The van der Waals surface area contributed by atoms with E-state index in [9.17, 15) is 26.4 Å². The first-order valence-electron chi connectivity index (χ1n) is 8.99. The molecule has 0 fully saturated rings. The summed E-state index contributed by atoms with van der Waals surface area (Å²) in [6.45, 7) is 1.76. The van der Waals surface area contributed by atoms with Crippen LogP contribution < -0.4 is 15.6 Å². The number of amides is 1. The van der Waals surface area contributed by atoms with E-state index in [1.54, 1.807) is 31.2 Å². The number of sulfonamides is 1. The molecule has 6 nitrogen and oxygen atoms in total. The van der Waals surface area contributed by atoms with E-state index in [2.05, 4.69) is 15.6 Å². The zero-order chi connectivity index (χ0) is 22.6. The number of hydrogen-bond donors (Lipinski definition) is 3. The first kappa shape index (κ1) is 22.2. The number of nitrogens with one attached hydrogen (secondary N) is 3. The van der Waals surface area contributed by atoms with Crippen molar-refractivity contribution in [3.05, 3.63) is 89.5 Å². The molecule has 0 aromatic heterocycles. The van der Waals surface area contributed by atoms with Gasteiger partial charge in [0.15, 0.2) is 0 Å². The summed E-state index contributed by atoms with van der Waals surface area (Å²) >= 11 is 0. The molecule has 0 saturated heterocycles. The summed E-state index contributed by atoms with van der Waals surface area (Å²) in [6.07, 6.45) is -4.59. The Hall–Kier alpha value is -3.53. The molecule has 0 aliphatic carbocycles. The molecule has 162 valence electrons. The average molecular weight is 449 g/mol. The summed E-state index contributed by atoms with van der Waals surface area (Å²) in [4.78, 5) is 12.2. The maximum atomic E-state index is 13.0. The van der Waals surface area contributed by atoms with Gasteiger partial charge in [-0.2, -0.15) is 13.2 Å². The topological polar surface area (TPSA) is 87.3 Å². The molecular weight excluding hydrogens is 431 g/mol. The Morgan fingerprint density at radius 2 is 1.42 bits per heavy atom. The van der Waals surface area contributed by atoms with Crippen molar-refractivity contribution in [1.82, 2.24) is 5.43 Å². The molecule has 0 spiro atoms. The minimum absolute atomic E-state index is 0.0619. The van der Waals surface area contributed by atoms with Crippen LogP contribution in [0.1, 0.15) is 21.5 Å². The fourth-order valence-electron chi connectivity index (χ4n) is 2.71. The van der Waals surface area contributed by atoms with E-state index in [0.717, 1.165) is 11.6 Å². The van der Waals surface area contributed by atoms with Crippen LogP contribution in [0.25, 0.3) is 0 Å². The summed E-state index contributed by atoms with van der Waals surface area (Å²) < 4.78 is 66.6. The standard InChI is InChI=1S/C21H18F3N3O3S/c1-14-6-2-4-8-18(14)27-31(29,30)16-12-10-15(11-13-16)20(28)26-25-19-9-5-3-7-17(19)21(22,23)24/h2-13,25,27H,1H3,(H,26,28). The largest absolute Gasteiger partial charge is 0.418 e. The van der Waals surface area contributed by atoms with E-state index >= 15 is 0 Å². The van der Waals surface area contributed by atoms with Gasteiger partial charge in [0.2, 0.25) is 0 Å². The third-order valence-corrected chi connectivity index (χ3v) is 5.74. The van der Waals surface area contributed by atoms with E-state index in [0.29, 0.717) is 5.69 Å². The Labute approximate surface area is 177 Å². The van der Waals surface area contributed by atoms with E-state index in [-0.39, 0.29) is 16.1 Å². The fraction of sp³-hybridized carbons (Fsp3) is 0.0952. The number of benzene rings is 3. The van der Waals surface area contributed by atoms with Gasteiger partial charge >= 0.3 is 6.18 Å². The van der Waals surface area contributed by atoms with Crippen molar-refractivity contribution in [3.63, 3.8) is 0 Å². The first-order chi connectivity index (χ1) is 14.6. The average Bonchev–Trinajstić information content (AvgIpc) is 2.73. The number of carbonyl (C=O) groups excluding carboxylic acids is 1. The zero-order valence-electron chi connectivity index (χ0n) is 16.2. The number of halogens is 3. The lowest BCUT2D eigenvalue weighted by Gasteiger charge is -2.15. The Balaban J connectivity index is 1.70. The molecule has 3 rings (SSSR count). The van der Waals surface area contributed by atoms with Crippen molar-refractivity contribution in [1.29, 1.82) is 0 Å². The van der Waals surface area contributed by atoms with Crippen LogP contribution >= 0.6 is 0 Å². The van der Waals surface area contributed by atoms with Gasteiger partial charge in [0.05, 0.1) is 21.8 Å². The third kappa shape index (κ3) is 5.34. The molecule has 31 heavy (non-hydrogen) atoms. The van der Waals surface area contributed by atoms with Gasteiger partial charge in [0.25, 0.3) is 15.9 Å². The van der Waals surface area contributed by atoms with Crippen LogP contribution in [0.2, 0.25) is 0 Å². The van der Waals surface area contributed by atoms with E-state index < -0.39 is 27.7 Å². The van der Waals surface area contributed by atoms with Crippen LogP contribution in [-0.2, 0) is 16.2 Å². The molecule has 10 heteroatoms.